The van der Waals surface area contributed by atoms with Crippen LogP contribution in [-0.4, -0.2) is 47.7 Å². The minimum Gasteiger partial charge on any atom is -0.383 e. The van der Waals surface area contributed by atoms with E-state index < -0.39 is 10.0 Å². The van der Waals surface area contributed by atoms with E-state index >= 15 is 0 Å². The van der Waals surface area contributed by atoms with E-state index in [1.165, 1.54) is 13.2 Å². The monoisotopic (exact) mass is 355 g/mol. The molecule has 1 amide bonds. The maximum absolute atomic E-state index is 12.2. The number of ether oxygens (including phenoxy) is 1. The number of sulfonamides is 1. The van der Waals surface area contributed by atoms with Crippen LogP contribution in [0.2, 0.25) is 0 Å². The van der Waals surface area contributed by atoms with Gasteiger partial charge >= 0.3 is 0 Å². The standard InChI is InChI=1S/C16H25N3O4S/c1-12(14-10-17-11-14)16(20)18-9-13-4-3-5-15(8-13)24(21,22)19-6-7-23-2/h3-5,8,12,14,17,19H,6-7,9-11H2,1-2H3,(H,18,20). The number of nitrogens with one attached hydrogen (secondary N) is 3. The van der Waals surface area contributed by atoms with Crippen LogP contribution in [0.3, 0.4) is 0 Å². The molecule has 8 heteroatoms. The third kappa shape index (κ3) is 5.01. The van der Waals surface area contributed by atoms with Gasteiger partial charge in [0.25, 0.3) is 0 Å². The second-order valence-corrected chi connectivity index (χ2v) is 7.73. The molecule has 0 spiro atoms. The normalized spacial score (nSPS) is 16.4. The van der Waals surface area contributed by atoms with Gasteiger partial charge in [-0.3, -0.25) is 4.79 Å². The Bertz CT molecular complexity index is 659. The molecule has 1 aliphatic heterocycles. The number of methoxy groups -OCH3 is 1. The van der Waals surface area contributed by atoms with Gasteiger partial charge in [0.15, 0.2) is 0 Å². The molecule has 1 atom stereocenters. The van der Waals surface area contributed by atoms with E-state index in [1.54, 1.807) is 18.2 Å². The van der Waals surface area contributed by atoms with E-state index in [0.717, 1.165) is 18.7 Å². The maximum Gasteiger partial charge on any atom is 0.240 e. The summed E-state index contributed by atoms with van der Waals surface area (Å²) in [6.07, 6.45) is 0. The molecule has 1 heterocycles. The van der Waals surface area contributed by atoms with Gasteiger partial charge in [-0.15, -0.1) is 0 Å². The van der Waals surface area contributed by atoms with E-state index in [4.69, 9.17) is 4.74 Å². The van der Waals surface area contributed by atoms with Crippen LogP contribution >= 0.6 is 0 Å². The fourth-order valence-electron chi connectivity index (χ4n) is 2.41. The first kappa shape index (κ1) is 18.9. The molecule has 0 saturated carbocycles. The Morgan fingerprint density at radius 1 is 1.42 bits per heavy atom. The third-order valence-electron chi connectivity index (χ3n) is 4.21. The second kappa shape index (κ2) is 8.57. The number of hydrogen-bond acceptors (Lipinski definition) is 5. The second-order valence-electron chi connectivity index (χ2n) is 5.96. The molecule has 3 N–H and O–H groups in total. The smallest absolute Gasteiger partial charge is 0.240 e. The van der Waals surface area contributed by atoms with Crippen molar-refractivity contribution < 1.29 is 17.9 Å². The Kier molecular flexibility index (Phi) is 6.73. The number of carbonyl (C=O) groups is 1. The van der Waals surface area contributed by atoms with E-state index in [2.05, 4.69) is 15.4 Å². The Morgan fingerprint density at radius 2 is 2.17 bits per heavy atom. The first-order chi connectivity index (χ1) is 11.4. The average molecular weight is 355 g/mol. The lowest BCUT2D eigenvalue weighted by Gasteiger charge is -2.31. The molecule has 24 heavy (non-hydrogen) atoms. The molecular formula is C16H25N3O4S. The molecule has 0 radical (unpaired) electrons. The molecule has 1 saturated heterocycles. The van der Waals surface area contributed by atoms with Crippen molar-refractivity contribution >= 4 is 15.9 Å². The number of benzene rings is 1. The summed E-state index contributed by atoms with van der Waals surface area (Å²) < 4.78 is 31.7. The summed E-state index contributed by atoms with van der Waals surface area (Å²) in [6.45, 7) is 4.49. The summed E-state index contributed by atoms with van der Waals surface area (Å²) in [5.41, 5.74) is 0.747. The molecule has 1 aromatic carbocycles. The van der Waals surface area contributed by atoms with Crippen LogP contribution in [0.25, 0.3) is 0 Å². The topological polar surface area (TPSA) is 96.5 Å². The van der Waals surface area contributed by atoms with Gasteiger partial charge in [0, 0.05) is 26.1 Å². The zero-order valence-corrected chi connectivity index (χ0v) is 14.9. The first-order valence-corrected chi connectivity index (χ1v) is 9.48. The van der Waals surface area contributed by atoms with Crippen molar-refractivity contribution in [2.24, 2.45) is 11.8 Å². The van der Waals surface area contributed by atoms with Crippen molar-refractivity contribution in [3.05, 3.63) is 29.8 Å². The molecule has 2 rings (SSSR count). The molecule has 0 aliphatic carbocycles. The predicted molar refractivity (Wildman–Crippen MR) is 90.9 cm³/mol. The van der Waals surface area contributed by atoms with Gasteiger partial charge in [0.1, 0.15) is 0 Å². The van der Waals surface area contributed by atoms with Crippen LogP contribution in [0.4, 0.5) is 0 Å². The van der Waals surface area contributed by atoms with Crippen molar-refractivity contribution in [2.45, 2.75) is 18.4 Å². The summed E-state index contributed by atoms with van der Waals surface area (Å²) in [5, 5.41) is 6.03. The minimum absolute atomic E-state index is 0.00650. The van der Waals surface area contributed by atoms with Gasteiger partial charge in [0.05, 0.1) is 11.5 Å². The van der Waals surface area contributed by atoms with Crippen molar-refractivity contribution in [3.63, 3.8) is 0 Å². The highest BCUT2D eigenvalue weighted by molar-refractivity contribution is 7.89. The molecule has 7 nitrogen and oxygen atoms in total. The number of rotatable bonds is 9. The van der Waals surface area contributed by atoms with Crippen LogP contribution in [-0.2, 0) is 26.1 Å². The van der Waals surface area contributed by atoms with Crippen molar-refractivity contribution in [1.82, 2.24) is 15.4 Å². The Labute approximate surface area is 143 Å². The summed E-state index contributed by atoms with van der Waals surface area (Å²) in [4.78, 5) is 12.3. The lowest BCUT2D eigenvalue weighted by molar-refractivity contribution is -0.126. The molecular weight excluding hydrogens is 330 g/mol. The molecule has 1 unspecified atom stereocenters. The molecule has 0 aromatic heterocycles. The van der Waals surface area contributed by atoms with Crippen LogP contribution in [0, 0.1) is 11.8 Å². The van der Waals surface area contributed by atoms with E-state index in [9.17, 15) is 13.2 Å². The van der Waals surface area contributed by atoms with Crippen molar-refractivity contribution in [3.8, 4) is 0 Å². The highest BCUT2D eigenvalue weighted by Gasteiger charge is 2.28. The largest absolute Gasteiger partial charge is 0.383 e. The molecule has 1 aromatic rings. The molecule has 1 aliphatic rings. The van der Waals surface area contributed by atoms with E-state index in [-0.39, 0.29) is 23.3 Å². The summed E-state index contributed by atoms with van der Waals surface area (Å²) in [5.74, 6) is 0.323. The van der Waals surface area contributed by atoms with Crippen molar-refractivity contribution in [1.29, 1.82) is 0 Å². The predicted octanol–water partition coefficient (Wildman–Crippen LogP) is 0.0830. The summed E-state index contributed by atoms with van der Waals surface area (Å²) in [6, 6.07) is 6.57. The Morgan fingerprint density at radius 3 is 2.79 bits per heavy atom. The molecule has 1 fully saturated rings. The lowest BCUT2D eigenvalue weighted by Crippen LogP contribution is -2.49. The number of amides is 1. The van der Waals surface area contributed by atoms with Gasteiger partial charge in [-0.05, 0) is 36.7 Å². The summed E-state index contributed by atoms with van der Waals surface area (Å²) >= 11 is 0. The van der Waals surface area contributed by atoms with Crippen LogP contribution in [0.5, 0.6) is 0 Å². The molecule has 134 valence electrons. The van der Waals surface area contributed by atoms with Crippen LogP contribution < -0.4 is 15.4 Å². The number of carbonyl (C=O) groups excluding carboxylic acids is 1. The number of hydrogen-bond donors (Lipinski definition) is 3. The van der Waals surface area contributed by atoms with Crippen LogP contribution in [0.1, 0.15) is 12.5 Å². The average Bonchev–Trinajstić information content (AvgIpc) is 2.51. The van der Waals surface area contributed by atoms with Gasteiger partial charge in [0.2, 0.25) is 15.9 Å². The Balaban J connectivity index is 1.93. The quantitative estimate of drug-likeness (QED) is 0.545. The first-order valence-electron chi connectivity index (χ1n) is 8.00. The third-order valence-corrected chi connectivity index (χ3v) is 5.67. The Hall–Kier alpha value is -1.48. The van der Waals surface area contributed by atoms with Gasteiger partial charge in [-0.25, -0.2) is 13.1 Å². The zero-order valence-electron chi connectivity index (χ0n) is 14.0. The SMILES string of the molecule is COCCNS(=O)(=O)c1cccc(CNC(=O)C(C)C2CNC2)c1. The lowest BCUT2D eigenvalue weighted by atomic mass is 9.88. The fraction of sp³-hybridized carbons (Fsp3) is 0.562. The fourth-order valence-corrected chi connectivity index (χ4v) is 3.50. The van der Waals surface area contributed by atoms with E-state index in [0.29, 0.717) is 19.1 Å². The van der Waals surface area contributed by atoms with Gasteiger partial charge in [-0.2, -0.15) is 0 Å². The van der Waals surface area contributed by atoms with E-state index in [1.807, 2.05) is 6.92 Å². The molecule has 0 bridgehead atoms. The van der Waals surface area contributed by atoms with Crippen molar-refractivity contribution in [2.75, 3.05) is 33.4 Å². The highest BCUT2D eigenvalue weighted by atomic mass is 32.2. The highest BCUT2D eigenvalue weighted by Crippen LogP contribution is 2.16. The minimum atomic E-state index is -3.57. The zero-order chi connectivity index (χ0) is 17.6. The van der Waals surface area contributed by atoms with Gasteiger partial charge < -0.3 is 15.4 Å². The van der Waals surface area contributed by atoms with Gasteiger partial charge in [-0.1, -0.05) is 19.1 Å². The maximum atomic E-state index is 12.2. The summed E-state index contributed by atoms with van der Waals surface area (Å²) in [7, 11) is -2.06. The van der Waals surface area contributed by atoms with Crippen LogP contribution in [0.15, 0.2) is 29.2 Å².